The summed E-state index contributed by atoms with van der Waals surface area (Å²) < 4.78 is 0. The Morgan fingerprint density at radius 3 is 2.82 bits per heavy atom. The van der Waals surface area contributed by atoms with E-state index in [2.05, 4.69) is 28.7 Å². The smallest absolute Gasteiger partial charge is 0.372 e. The van der Waals surface area contributed by atoms with Crippen molar-refractivity contribution in [1.82, 2.24) is 14.9 Å². The number of fused-ring (bicyclic) bond motifs is 1. The predicted molar refractivity (Wildman–Crippen MR) is 61.1 cm³/mol. The lowest BCUT2D eigenvalue weighted by molar-refractivity contribution is 0.0682. The summed E-state index contributed by atoms with van der Waals surface area (Å²) >= 11 is 0. The average Bonchev–Trinajstić information content (AvgIpc) is 2.28. The van der Waals surface area contributed by atoms with Gasteiger partial charge in [-0.3, -0.25) is 9.69 Å². The Hall–Kier alpha value is -1.69. The van der Waals surface area contributed by atoms with Crippen LogP contribution in [0.4, 0.5) is 0 Å². The summed E-state index contributed by atoms with van der Waals surface area (Å²) in [5, 5.41) is 8.81. The maximum Gasteiger partial charge on any atom is 0.372 e. The Balaban J connectivity index is 2.41. The SMILES string of the molecule is CC(C)N1CCc2nc(C(=O)O)[nH]c(=O)c2C1. The molecular weight excluding hydrogens is 222 g/mol. The standard InChI is InChI=1S/C11H15N3O3/c1-6(2)14-4-3-8-7(5-14)10(15)13-9(12-8)11(16)17/h6H,3-5H2,1-2H3,(H,16,17)(H,12,13,15). The molecule has 0 aromatic carbocycles. The summed E-state index contributed by atoms with van der Waals surface area (Å²) in [4.78, 5) is 31.0. The number of hydrogen-bond donors (Lipinski definition) is 2. The third-order valence-corrected chi connectivity index (χ3v) is 3.03. The number of aromatic amines is 1. The van der Waals surface area contributed by atoms with Gasteiger partial charge in [0.2, 0.25) is 5.82 Å². The number of carbonyl (C=O) groups is 1. The lowest BCUT2D eigenvalue weighted by atomic mass is 10.1. The van der Waals surface area contributed by atoms with Crippen LogP contribution in [0.15, 0.2) is 4.79 Å². The minimum absolute atomic E-state index is 0.272. The Kier molecular flexibility index (Phi) is 2.97. The number of rotatable bonds is 2. The van der Waals surface area contributed by atoms with E-state index < -0.39 is 5.97 Å². The van der Waals surface area contributed by atoms with E-state index in [4.69, 9.17) is 5.11 Å². The Bertz CT molecular complexity index is 507. The molecule has 0 radical (unpaired) electrons. The third-order valence-electron chi connectivity index (χ3n) is 3.03. The van der Waals surface area contributed by atoms with Crippen LogP contribution in [0.1, 0.15) is 35.7 Å². The fraction of sp³-hybridized carbons (Fsp3) is 0.545. The van der Waals surface area contributed by atoms with Gasteiger partial charge in [-0.2, -0.15) is 0 Å². The molecule has 0 aliphatic carbocycles. The molecule has 0 unspecified atom stereocenters. The number of hydrogen-bond acceptors (Lipinski definition) is 4. The minimum atomic E-state index is -1.20. The normalized spacial score (nSPS) is 15.9. The van der Waals surface area contributed by atoms with Crippen molar-refractivity contribution in [2.24, 2.45) is 0 Å². The molecule has 2 heterocycles. The van der Waals surface area contributed by atoms with E-state index in [1.165, 1.54) is 0 Å². The second kappa shape index (κ2) is 4.29. The summed E-state index contributed by atoms with van der Waals surface area (Å²) in [6, 6.07) is 0.363. The topological polar surface area (TPSA) is 86.3 Å². The van der Waals surface area contributed by atoms with Gasteiger partial charge in [0.15, 0.2) is 0 Å². The fourth-order valence-corrected chi connectivity index (χ4v) is 1.99. The zero-order valence-corrected chi connectivity index (χ0v) is 9.86. The molecule has 92 valence electrons. The molecule has 0 atom stereocenters. The minimum Gasteiger partial charge on any atom is -0.475 e. The summed E-state index contributed by atoms with van der Waals surface area (Å²) in [6.45, 7) is 5.48. The number of aromatic nitrogens is 2. The molecule has 1 aliphatic heterocycles. The number of nitrogens with one attached hydrogen (secondary N) is 1. The lowest BCUT2D eigenvalue weighted by Gasteiger charge is -2.30. The summed E-state index contributed by atoms with van der Waals surface area (Å²) in [7, 11) is 0. The Morgan fingerprint density at radius 2 is 2.24 bits per heavy atom. The van der Waals surface area contributed by atoms with Gasteiger partial charge < -0.3 is 10.1 Å². The molecule has 0 saturated heterocycles. The quantitative estimate of drug-likeness (QED) is 0.769. The van der Waals surface area contributed by atoms with Crippen LogP contribution in [0.25, 0.3) is 0 Å². The molecule has 2 N–H and O–H groups in total. The van der Waals surface area contributed by atoms with Gasteiger partial charge in [-0.25, -0.2) is 9.78 Å². The molecular formula is C11H15N3O3. The van der Waals surface area contributed by atoms with Crippen molar-refractivity contribution in [3.8, 4) is 0 Å². The fourth-order valence-electron chi connectivity index (χ4n) is 1.99. The number of aromatic carboxylic acids is 1. The highest BCUT2D eigenvalue weighted by atomic mass is 16.4. The molecule has 0 amide bonds. The van der Waals surface area contributed by atoms with Crippen molar-refractivity contribution in [3.63, 3.8) is 0 Å². The van der Waals surface area contributed by atoms with Crippen molar-refractivity contribution < 1.29 is 9.90 Å². The van der Waals surface area contributed by atoms with Crippen LogP contribution < -0.4 is 5.56 Å². The first-order valence-electron chi connectivity index (χ1n) is 5.58. The average molecular weight is 237 g/mol. The number of carboxylic acids is 1. The highest BCUT2D eigenvalue weighted by Crippen LogP contribution is 2.15. The van der Waals surface area contributed by atoms with E-state index in [1.807, 2.05) is 0 Å². The first kappa shape index (κ1) is 11.8. The van der Waals surface area contributed by atoms with Crippen LogP contribution in [0, 0.1) is 0 Å². The third kappa shape index (κ3) is 2.21. The molecule has 1 aromatic rings. The second-order valence-electron chi connectivity index (χ2n) is 4.46. The summed E-state index contributed by atoms with van der Waals surface area (Å²) in [5.41, 5.74) is 0.871. The van der Waals surface area contributed by atoms with Gasteiger partial charge in [0.25, 0.3) is 5.56 Å². The summed E-state index contributed by atoms with van der Waals surface area (Å²) in [5.74, 6) is -1.47. The van der Waals surface area contributed by atoms with Crippen LogP contribution in [-0.2, 0) is 13.0 Å². The first-order chi connectivity index (χ1) is 7.99. The zero-order chi connectivity index (χ0) is 12.6. The van der Waals surface area contributed by atoms with Crippen molar-refractivity contribution in [1.29, 1.82) is 0 Å². The number of carboxylic acid groups (broad SMARTS) is 1. The van der Waals surface area contributed by atoms with E-state index in [9.17, 15) is 9.59 Å². The molecule has 0 bridgehead atoms. The molecule has 6 nitrogen and oxygen atoms in total. The monoisotopic (exact) mass is 237 g/mol. The van der Waals surface area contributed by atoms with Crippen molar-refractivity contribution in [2.45, 2.75) is 32.9 Å². The van der Waals surface area contributed by atoms with Crippen LogP contribution in [0.2, 0.25) is 0 Å². The first-order valence-corrected chi connectivity index (χ1v) is 5.58. The van der Waals surface area contributed by atoms with Gasteiger partial charge in [-0.05, 0) is 13.8 Å². The maximum absolute atomic E-state index is 11.8. The van der Waals surface area contributed by atoms with E-state index in [0.717, 1.165) is 6.54 Å². The zero-order valence-electron chi connectivity index (χ0n) is 9.86. The van der Waals surface area contributed by atoms with Crippen LogP contribution in [0.3, 0.4) is 0 Å². The molecule has 0 saturated carbocycles. The Labute approximate surface area is 98.3 Å². The van der Waals surface area contributed by atoms with Crippen LogP contribution >= 0.6 is 0 Å². The summed E-state index contributed by atoms with van der Waals surface area (Å²) in [6.07, 6.45) is 0.623. The molecule has 0 spiro atoms. The highest BCUT2D eigenvalue weighted by Gasteiger charge is 2.23. The van der Waals surface area contributed by atoms with E-state index in [-0.39, 0.29) is 11.4 Å². The molecule has 1 aromatic heterocycles. The molecule has 1 aliphatic rings. The predicted octanol–water partition coefficient (Wildman–Crippen LogP) is 0.235. The molecule has 6 heteroatoms. The van der Waals surface area contributed by atoms with Gasteiger partial charge in [0, 0.05) is 25.6 Å². The molecule has 0 fully saturated rings. The van der Waals surface area contributed by atoms with Crippen LogP contribution in [-0.4, -0.2) is 38.5 Å². The highest BCUT2D eigenvalue weighted by molar-refractivity contribution is 5.83. The van der Waals surface area contributed by atoms with Gasteiger partial charge >= 0.3 is 5.97 Å². The number of nitrogens with zero attached hydrogens (tertiary/aromatic N) is 2. The lowest BCUT2D eigenvalue weighted by Crippen LogP contribution is -2.40. The van der Waals surface area contributed by atoms with Crippen molar-refractivity contribution in [3.05, 3.63) is 27.4 Å². The van der Waals surface area contributed by atoms with Gasteiger partial charge in [0.1, 0.15) is 0 Å². The van der Waals surface area contributed by atoms with E-state index in [0.29, 0.717) is 30.3 Å². The number of H-pyrrole nitrogens is 1. The van der Waals surface area contributed by atoms with Crippen LogP contribution in [0.5, 0.6) is 0 Å². The van der Waals surface area contributed by atoms with E-state index >= 15 is 0 Å². The Morgan fingerprint density at radius 1 is 1.53 bits per heavy atom. The van der Waals surface area contributed by atoms with Crippen molar-refractivity contribution >= 4 is 5.97 Å². The maximum atomic E-state index is 11.8. The van der Waals surface area contributed by atoms with E-state index in [1.54, 1.807) is 0 Å². The van der Waals surface area contributed by atoms with Gasteiger partial charge in [0.05, 0.1) is 11.3 Å². The second-order valence-corrected chi connectivity index (χ2v) is 4.46. The molecule has 2 rings (SSSR count). The largest absolute Gasteiger partial charge is 0.475 e. The van der Waals surface area contributed by atoms with Gasteiger partial charge in [-0.1, -0.05) is 0 Å². The molecule has 17 heavy (non-hydrogen) atoms. The van der Waals surface area contributed by atoms with Crippen molar-refractivity contribution in [2.75, 3.05) is 6.54 Å². The van der Waals surface area contributed by atoms with Gasteiger partial charge in [-0.15, -0.1) is 0 Å².